The van der Waals surface area contributed by atoms with E-state index in [1.807, 2.05) is 0 Å². The number of carbonyl (C=O) groups is 1. The number of alkyl halides is 3. The highest BCUT2D eigenvalue weighted by molar-refractivity contribution is 8.17. The summed E-state index contributed by atoms with van der Waals surface area (Å²) in [5, 5.41) is 7.86. The molecule has 0 saturated heterocycles. The van der Waals surface area contributed by atoms with Gasteiger partial charge in [0.2, 0.25) is 4.24 Å². The number of halogens is 5. The third-order valence-electron chi connectivity index (χ3n) is 3.31. The zero-order valence-corrected chi connectivity index (χ0v) is 16.9. The Bertz CT molecular complexity index is 909. The van der Waals surface area contributed by atoms with E-state index in [1.54, 1.807) is 0 Å². The first-order valence-corrected chi connectivity index (χ1v) is 10.0. The van der Waals surface area contributed by atoms with Crippen LogP contribution in [0, 0.1) is 0 Å². The van der Waals surface area contributed by atoms with Gasteiger partial charge in [-0.1, -0.05) is 23.2 Å². The Morgan fingerprint density at radius 1 is 1.14 bits per heavy atom. The van der Waals surface area contributed by atoms with Gasteiger partial charge in [-0.05, 0) is 42.5 Å². The molecule has 0 aliphatic heterocycles. The van der Waals surface area contributed by atoms with Crippen LogP contribution >= 0.6 is 35.1 Å². The molecule has 28 heavy (non-hydrogen) atoms. The van der Waals surface area contributed by atoms with Crippen molar-refractivity contribution in [2.75, 3.05) is 5.32 Å². The van der Waals surface area contributed by atoms with E-state index in [9.17, 15) is 22.5 Å². The van der Waals surface area contributed by atoms with E-state index < -0.39 is 34.5 Å². The summed E-state index contributed by atoms with van der Waals surface area (Å²) < 4.78 is 50.5. The van der Waals surface area contributed by atoms with Gasteiger partial charge < -0.3 is 15.6 Å². The number of anilines is 1. The summed E-state index contributed by atoms with van der Waals surface area (Å²) in [6.45, 7) is 0. The third kappa shape index (κ3) is 5.49. The molecule has 2 aromatic rings. The second-order valence-corrected chi connectivity index (χ2v) is 8.35. The van der Waals surface area contributed by atoms with Crippen molar-refractivity contribution in [2.45, 2.75) is 11.1 Å². The normalized spacial score (nSPS) is 13.7. The van der Waals surface area contributed by atoms with E-state index in [1.165, 1.54) is 24.3 Å². The fourth-order valence-electron chi connectivity index (χ4n) is 1.95. The molecule has 150 valence electrons. The lowest BCUT2D eigenvalue weighted by Crippen LogP contribution is -2.24. The molecule has 0 spiro atoms. The zero-order valence-electron chi connectivity index (χ0n) is 13.7. The summed E-state index contributed by atoms with van der Waals surface area (Å²) in [6, 6.07) is 8.38. The molecule has 1 atom stereocenters. The molecule has 0 radical (unpaired) electrons. The van der Waals surface area contributed by atoms with Crippen LogP contribution < -0.4 is 16.2 Å². The van der Waals surface area contributed by atoms with Crippen molar-refractivity contribution in [3.8, 4) is 0 Å². The Hall–Kier alpha value is -1.56. The van der Waals surface area contributed by atoms with Crippen LogP contribution in [0.1, 0.15) is 5.56 Å². The van der Waals surface area contributed by atoms with Gasteiger partial charge in [0.05, 0.1) is 16.3 Å². The number of carbonyl (C=O) groups excluding carboxylic acids is 1. The molecule has 0 heterocycles. The van der Waals surface area contributed by atoms with Gasteiger partial charge in [0.25, 0.3) is 5.91 Å². The van der Waals surface area contributed by atoms with E-state index in [-0.39, 0.29) is 14.9 Å². The van der Waals surface area contributed by atoms with Crippen LogP contribution in [0.15, 0.2) is 57.3 Å². The minimum Gasteiger partial charge on any atom is -0.606 e. The number of nitrogens with two attached hydrogens (primary N) is 2. The van der Waals surface area contributed by atoms with Crippen LogP contribution in [0.5, 0.6) is 0 Å². The molecule has 0 saturated carbocycles. The largest absolute Gasteiger partial charge is 0.606 e. The SMILES string of the molecule is NS/C(=C(\N)C(=O)Nc1ccc(C(F)(F)F)cc1Cl)[S+]([O-])c1ccc(Cl)cc1. The van der Waals surface area contributed by atoms with E-state index in [2.05, 4.69) is 5.32 Å². The summed E-state index contributed by atoms with van der Waals surface area (Å²) in [5.74, 6) is -0.920. The quantitative estimate of drug-likeness (QED) is 0.339. The fraction of sp³-hybridized carbons (Fsp3) is 0.0625. The molecule has 5 nitrogen and oxygen atoms in total. The first kappa shape index (κ1) is 22.7. The van der Waals surface area contributed by atoms with Gasteiger partial charge in [-0.2, -0.15) is 13.2 Å². The van der Waals surface area contributed by atoms with Crippen molar-refractivity contribution >= 4 is 57.9 Å². The van der Waals surface area contributed by atoms with Crippen LogP contribution in [-0.2, 0) is 22.1 Å². The second-order valence-electron chi connectivity index (χ2n) is 5.19. The van der Waals surface area contributed by atoms with E-state index in [4.69, 9.17) is 34.1 Å². The first-order valence-electron chi connectivity index (χ1n) is 7.26. The van der Waals surface area contributed by atoms with Crippen molar-refractivity contribution in [3.05, 3.63) is 68.0 Å². The summed E-state index contributed by atoms with van der Waals surface area (Å²) in [6.07, 6.45) is -4.58. The number of rotatable bonds is 5. The molecule has 1 unspecified atom stereocenters. The lowest BCUT2D eigenvalue weighted by Gasteiger charge is -2.14. The number of hydrogen-bond donors (Lipinski definition) is 3. The standard InChI is InChI=1S/C16H12Cl2F3N3O2S2/c17-9-2-4-10(5-3-9)28(26)15(27-23)13(22)14(25)24-12-6-1-8(7-11(12)18)16(19,20)21/h1-7H,22-23H2,(H,24,25)/b15-13+. The second kappa shape index (κ2) is 9.29. The van der Waals surface area contributed by atoms with E-state index in [0.717, 1.165) is 12.1 Å². The number of nitrogens with one attached hydrogen (secondary N) is 1. The molecule has 12 heteroatoms. The van der Waals surface area contributed by atoms with Gasteiger partial charge in [-0.25, -0.2) is 0 Å². The smallest absolute Gasteiger partial charge is 0.416 e. The maximum Gasteiger partial charge on any atom is 0.416 e. The van der Waals surface area contributed by atoms with Crippen LogP contribution in [0.2, 0.25) is 10.0 Å². The Morgan fingerprint density at radius 3 is 2.25 bits per heavy atom. The molecular formula is C16H12Cl2F3N3O2S2. The molecular weight excluding hydrogens is 458 g/mol. The highest BCUT2D eigenvalue weighted by Gasteiger charge is 2.31. The minimum atomic E-state index is -4.58. The molecule has 5 N–H and O–H groups in total. The number of hydrogen-bond acceptors (Lipinski definition) is 5. The van der Waals surface area contributed by atoms with Crippen LogP contribution in [0.4, 0.5) is 18.9 Å². The molecule has 2 aromatic carbocycles. The predicted octanol–water partition coefficient (Wildman–Crippen LogP) is 4.49. The van der Waals surface area contributed by atoms with Gasteiger partial charge in [0.1, 0.15) is 0 Å². The lowest BCUT2D eigenvalue weighted by molar-refractivity contribution is -0.137. The molecule has 0 aromatic heterocycles. The number of benzene rings is 2. The van der Waals surface area contributed by atoms with Crippen molar-refractivity contribution < 1.29 is 22.5 Å². The molecule has 0 aliphatic carbocycles. The predicted molar refractivity (Wildman–Crippen MR) is 106 cm³/mol. The summed E-state index contributed by atoms with van der Waals surface area (Å²) >= 11 is 10.2. The average Bonchev–Trinajstić information content (AvgIpc) is 2.63. The molecule has 0 aliphatic rings. The van der Waals surface area contributed by atoms with E-state index >= 15 is 0 Å². The van der Waals surface area contributed by atoms with Gasteiger partial charge >= 0.3 is 6.18 Å². The summed E-state index contributed by atoms with van der Waals surface area (Å²) in [5.41, 5.74) is 4.23. The highest BCUT2D eigenvalue weighted by atomic mass is 35.5. The van der Waals surface area contributed by atoms with Gasteiger partial charge in [-0.3, -0.25) is 9.93 Å². The maximum atomic E-state index is 12.7. The first-order chi connectivity index (χ1) is 13.0. The van der Waals surface area contributed by atoms with Crippen molar-refractivity contribution in [2.24, 2.45) is 10.9 Å². The Balaban J connectivity index is 2.27. The molecule has 0 fully saturated rings. The van der Waals surface area contributed by atoms with Gasteiger partial charge in [0, 0.05) is 28.1 Å². The fourth-order valence-corrected chi connectivity index (χ4v) is 4.05. The highest BCUT2D eigenvalue weighted by Crippen LogP contribution is 2.34. The van der Waals surface area contributed by atoms with Gasteiger partial charge in [-0.15, -0.1) is 0 Å². The summed E-state index contributed by atoms with van der Waals surface area (Å²) in [4.78, 5) is 12.6. The monoisotopic (exact) mass is 469 g/mol. The van der Waals surface area contributed by atoms with Crippen LogP contribution in [-0.4, -0.2) is 10.5 Å². The van der Waals surface area contributed by atoms with Crippen molar-refractivity contribution in [1.29, 1.82) is 0 Å². The van der Waals surface area contributed by atoms with Crippen LogP contribution in [0.25, 0.3) is 0 Å². The molecule has 2 rings (SSSR count). The van der Waals surface area contributed by atoms with E-state index in [0.29, 0.717) is 27.9 Å². The maximum absolute atomic E-state index is 12.7. The van der Waals surface area contributed by atoms with Crippen LogP contribution in [0.3, 0.4) is 0 Å². The Kier molecular flexibility index (Phi) is 7.54. The molecule has 1 amide bonds. The number of amides is 1. The molecule has 0 bridgehead atoms. The minimum absolute atomic E-state index is 0.0961. The third-order valence-corrected chi connectivity index (χ3v) is 6.31. The lowest BCUT2D eigenvalue weighted by atomic mass is 10.2. The van der Waals surface area contributed by atoms with Crippen molar-refractivity contribution in [1.82, 2.24) is 0 Å². The summed E-state index contributed by atoms with van der Waals surface area (Å²) in [7, 11) is 0. The zero-order chi connectivity index (χ0) is 21.1. The van der Waals surface area contributed by atoms with Crippen molar-refractivity contribution in [3.63, 3.8) is 0 Å². The average molecular weight is 470 g/mol. The Labute approximate surface area is 175 Å². The Morgan fingerprint density at radius 2 is 1.75 bits per heavy atom. The van der Waals surface area contributed by atoms with Gasteiger partial charge in [0.15, 0.2) is 10.6 Å². The topological polar surface area (TPSA) is 104 Å².